The summed E-state index contributed by atoms with van der Waals surface area (Å²) in [5.74, 6) is 1.75. The maximum Gasteiger partial charge on any atom is 0.416 e. The summed E-state index contributed by atoms with van der Waals surface area (Å²) >= 11 is 0. The SMILES string of the molecule is CCC1(CC)c2ccccc2-c2c1c1c(c3ccccc23)OC(c2ccc(C(F)(F)F)cc2)(c2nc(-c3ccccc3)nc(-c3ccccc3)n2)C=C1. The van der Waals surface area contributed by atoms with Crippen molar-refractivity contribution in [3.05, 3.63) is 173 Å². The summed E-state index contributed by atoms with van der Waals surface area (Å²) in [4.78, 5) is 15.0. The molecular weight excluding hydrogens is 668 g/mol. The molecule has 2 aliphatic rings. The van der Waals surface area contributed by atoms with E-state index in [2.05, 4.69) is 56.3 Å². The molecule has 6 aromatic carbocycles. The second kappa shape index (κ2) is 12.3. The molecule has 0 saturated heterocycles. The zero-order valence-electron chi connectivity index (χ0n) is 29.2. The fourth-order valence-electron chi connectivity index (χ4n) is 8.39. The van der Waals surface area contributed by atoms with Crippen LogP contribution in [0, 0.1) is 0 Å². The largest absolute Gasteiger partial charge is 0.469 e. The summed E-state index contributed by atoms with van der Waals surface area (Å²) in [6.45, 7) is 4.47. The minimum Gasteiger partial charge on any atom is -0.469 e. The fraction of sp³-hybridized carbons (Fsp3) is 0.152. The normalized spacial score (nSPS) is 16.8. The van der Waals surface area contributed by atoms with Crippen molar-refractivity contribution in [2.75, 3.05) is 0 Å². The van der Waals surface area contributed by atoms with Gasteiger partial charge in [0, 0.05) is 33.1 Å². The molecule has 0 amide bonds. The van der Waals surface area contributed by atoms with Gasteiger partial charge in [0.1, 0.15) is 5.75 Å². The van der Waals surface area contributed by atoms with Crippen LogP contribution >= 0.6 is 0 Å². The van der Waals surface area contributed by atoms with E-state index in [4.69, 9.17) is 19.7 Å². The Kier molecular flexibility index (Phi) is 7.59. The molecule has 0 spiro atoms. The van der Waals surface area contributed by atoms with Gasteiger partial charge in [-0.3, -0.25) is 0 Å². The zero-order valence-corrected chi connectivity index (χ0v) is 29.2. The Morgan fingerprint density at radius 3 is 1.79 bits per heavy atom. The minimum absolute atomic E-state index is 0.261. The number of fused-ring (bicyclic) bond motifs is 8. The third kappa shape index (κ3) is 5.01. The summed E-state index contributed by atoms with van der Waals surface area (Å²) in [6, 6.07) is 41.2. The number of nitrogens with zero attached hydrogens (tertiary/aromatic N) is 3. The molecule has 0 radical (unpaired) electrons. The van der Waals surface area contributed by atoms with Crippen LogP contribution in [-0.4, -0.2) is 15.0 Å². The van der Waals surface area contributed by atoms with E-state index in [-0.39, 0.29) is 11.2 Å². The van der Waals surface area contributed by atoms with E-state index < -0.39 is 17.3 Å². The van der Waals surface area contributed by atoms with Gasteiger partial charge < -0.3 is 4.74 Å². The Hall–Kier alpha value is -6.08. The molecule has 1 atom stereocenters. The summed E-state index contributed by atoms with van der Waals surface area (Å²) in [6.07, 6.45) is 1.26. The van der Waals surface area contributed by atoms with Gasteiger partial charge in [0.15, 0.2) is 17.5 Å². The molecule has 53 heavy (non-hydrogen) atoms. The van der Waals surface area contributed by atoms with E-state index in [0.717, 1.165) is 52.4 Å². The Balaban J connectivity index is 1.36. The summed E-state index contributed by atoms with van der Waals surface area (Å²) in [5, 5.41) is 1.96. The van der Waals surface area contributed by atoms with E-state index in [1.807, 2.05) is 78.9 Å². The lowest BCUT2D eigenvalue weighted by atomic mass is 9.71. The van der Waals surface area contributed by atoms with Crippen LogP contribution in [0.15, 0.2) is 140 Å². The molecule has 1 aliphatic carbocycles. The molecule has 0 fully saturated rings. The predicted octanol–water partition coefficient (Wildman–Crippen LogP) is 11.8. The van der Waals surface area contributed by atoms with Crippen LogP contribution in [0.25, 0.3) is 50.8 Å². The number of ether oxygens (including phenoxy) is 1. The zero-order chi connectivity index (χ0) is 36.4. The molecule has 260 valence electrons. The molecule has 7 aromatic rings. The standard InChI is InChI=1S/C46H34F3N3O/c1-3-44(4-2)37-22-14-13-21-35(37)38-33-19-11-12-20-34(33)40-36(39(38)44)27-28-45(53-40,31-23-25-32(26-24-31)46(47,48)49)43-51-41(29-15-7-5-8-16-29)50-42(52-43)30-17-9-6-10-18-30/h5-28H,3-4H2,1-2H3. The van der Waals surface area contributed by atoms with Crippen LogP contribution in [0.3, 0.4) is 0 Å². The lowest BCUT2D eigenvalue weighted by molar-refractivity contribution is -0.137. The predicted molar refractivity (Wildman–Crippen MR) is 203 cm³/mol. The highest BCUT2D eigenvalue weighted by molar-refractivity contribution is 6.08. The second-order valence-electron chi connectivity index (χ2n) is 13.7. The van der Waals surface area contributed by atoms with Crippen molar-refractivity contribution in [3.8, 4) is 39.7 Å². The van der Waals surface area contributed by atoms with E-state index in [0.29, 0.717) is 23.0 Å². The van der Waals surface area contributed by atoms with Crippen LogP contribution in [-0.2, 0) is 17.2 Å². The van der Waals surface area contributed by atoms with Gasteiger partial charge in [-0.1, -0.05) is 141 Å². The van der Waals surface area contributed by atoms with E-state index >= 15 is 0 Å². The highest BCUT2D eigenvalue weighted by Crippen LogP contribution is 2.60. The molecular formula is C46H34F3N3O. The van der Waals surface area contributed by atoms with Gasteiger partial charge in [-0.25, -0.2) is 15.0 Å². The number of benzene rings is 6. The van der Waals surface area contributed by atoms with Crippen LogP contribution in [0.4, 0.5) is 13.2 Å². The quantitative estimate of drug-likeness (QED) is 0.173. The van der Waals surface area contributed by atoms with Gasteiger partial charge >= 0.3 is 6.18 Å². The van der Waals surface area contributed by atoms with Crippen molar-refractivity contribution >= 4 is 16.8 Å². The molecule has 1 unspecified atom stereocenters. The van der Waals surface area contributed by atoms with Crippen molar-refractivity contribution in [1.29, 1.82) is 0 Å². The Labute approximate surface area is 305 Å². The first-order valence-corrected chi connectivity index (χ1v) is 17.9. The molecule has 4 nitrogen and oxygen atoms in total. The first-order chi connectivity index (χ1) is 25.8. The first kappa shape index (κ1) is 32.8. The molecule has 0 N–H and O–H groups in total. The number of halogens is 3. The molecule has 2 heterocycles. The second-order valence-corrected chi connectivity index (χ2v) is 13.7. The van der Waals surface area contributed by atoms with Gasteiger partial charge in [0.25, 0.3) is 0 Å². The average molecular weight is 702 g/mol. The van der Waals surface area contributed by atoms with Crippen LogP contribution < -0.4 is 4.74 Å². The van der Waals surface area contributed by atoms with Crippen LogP contribution in [0.5, 0.6) is 5.75 Å². The number of hydrogen-bond donors (Lipinski definition) is 0. The van der Waals surface area contributed by atoms with E-state index in [1.165, 1.54) is 34.4 Å². The summed E-state index contributed by atoms with van der Waals surface area (Å²) < 4.78 is 49.2. The lowest BCUT2D eigenvalue weighted by Crippen LogP contribution is -2.37. The molecule has 0 bridgehead atoms. The van der Waals surface area contributed by atoms with Gasteiger partial charge in [-0.2, -0.15) is 13.2 Å². The first-order valence-electron chi connectivity index (χ1n) is 17.9. The number of alkyl halides is 3. The van der Waals surface area contributed by atoms with Gasteiger partial charge in [0.05, 0.1) is 5.56 Å². The lowest BCUT2D eigenvalue weighted by Gasteiger charge is -2.38. The summed E-state index contributed by atoms with van der Waals surface area (Å²) in [7, 11) is 0. The van der Waals surface area contributed by atoms with Crippen molar-refractivity contribution in [2.24, 2.45) is 0 Å². The van der Waals surface area contributed by atoms with Gasteiger partial charge in [0.2, 0.25) is 5.60 Å². The highest BCUT2D eigenvalue weighted by Gasteiger charge is 2.48. The van der Waals surface area contributed by atoms with Crippen LogP contribution in [0.2, 0.25) is 0 Å². The summed E-state index contributed by atoms with van der Waals surface area (Å²) in [5.41, 5.74) is 5.35. The van der Waals surface area contributed by atoms with Crippen LogP contribution in [0.1, 0.15) is 60.3 Å². The van der Waals surface area contributed by atoms with Gasteiger partial charge in [-0.05, 0) is 58.7 Å². The number of aromatic nitrogens is 3. The van der Waals surface area contributed by atoms with Crippen molar-refractivity contribution < 1.29 is 17.9 Å². The molecule has 1 aromatic heterocycles. The number of rotatable bonds is 6. The van der Waals surface area contributed by atoms with Gasteiger partial charge in [-0.15, -0.1) is 0 Å². The smallest absolute Gasteiger partial charge is 0.416 e. The maximum atomic E-state index is 13.9. The van der Waals surface area contributed by atoms with Crippen molar-refractivity contribution in [1.82, 2.24) is 15.0 Å². The third-order valence-electron chi connectivity index (χ3n) is 11.0. The maximum absolute atomic E-state index is 13.9. The topological polar surface area (TPSA) is 47.9 Å². The Morgan fingerprint density at radius 2 is 1.19 bits per heavy atom. The van der Waals surface area contributed by atoms with Crippen molar-refractivity contribution in [3.63, 3.8) is 0 Å². The monoisotopic (exact) mass is 701 g/mol. The number of hydrogen-bond acceptors (Lipinski definition) is 4. The fourth-order valence-corrected chi connectivity index (χ4v) is 8.39. The molecule has 9 rings (SSSR count). The third-order valence-corrected chi connectivity index (χ3v) is 11.0. The molecule has 1 aliphatic heterocycles. The van der Waals surface area contributed by atoms with Crippen molar-refractivity contribution in [2.45, 2.75) is 43.9 Å². The molecule has 7 heteroatoms. The minimum atomic E-state index is -4.51. The Morgan fingerprint density at radius 1 is 0.623 bits per heavy atom. The molecule has 0 saturated carbocycles. The highest BCUT2D eigenvalue weighted by atomic mass is 19.4. The average Bonchev–Trinajstić information content (AvgIpc) is 3.52. The van der Waals surface area contributed by atoms with E-state index in [9.17, 15) is 13.2 Å². The Bertz CT molecular complexity index is 2490. The van der Waals surface area contributed by atoms with E-state index in [1.54, 1.807) is 0 Å².